The van der Waals surface area contributed by atoms with Crippen LogP contribution in [0.25, 0.3) is 11.1 Å². The molecule has 1 saturated heterocycles. The number of likely N-dealkylation sites (tertiary alicyclic amines) is 1. The van der Waals surface area contributed by atoms with Gasteiger partial charge in [-0.05, 0) is 47.4 Å². The van der Waals surface area contributed by atoms with Gasteiger partial charge in [-0.1, -0.05) is 61.4 Å². The number of hydrogen-bond acceptors (Lipinski definition) is 4. The molecule has 0 radical (unpaired) electrons. The van der Waals surface area contributed by atoms with Gasteiger partial charge in [0.2, 0.25) is 5.91 Å². The third-order valence-corrected chi connectivity index (χ3v) is 7.79. The largest absolute Gasteiger partial charge is 0.481 e. The molecule has 2 fully saturated rings. The quantitative estimate of drug-likeness (QED) is 0.644. The lowest BCUT2D eigenvalue weighted by Gasteiger charge is -2.33. The molecule has 0 aromatic heterocycles. The molecular weight excluding hydrogens is 444 g/mol. The van der Waals surface area contributed by atoms with Crippen LogP contribution in [-0.4, -0.2) is 53.7 Å². The Kier molecular flexibility index (Phi) is 6.75. The number of amides is 2. The molecule has 3 atom stereocenters. The number of nitrogens with one attached hydrogen (secondary N) is 1. The number of ether oxygens (including phenoxy) is 1. The number of aliphatic carboxylic acids is 1. The smallest absolute Gasteiger partial charge is 0.407 e. The summed E-state index contributed by atoms with van der Waals surface area (Å²) in [7, 11) is 0. The zero-order valence-corrected chi connectivity index (χ0v) is 19.8. The molecule has 2 N–H and O–H groups in total. The van der Waals surface area contributed by atoms with Crippen LogP contribution in [0.5, 0.6) is 0 Å². The molecule has 1 saturated carbocycles. The summed E-state index contributed by atoms with van der Waals surface area (Å²) in [4.78, 5) is 38.9. The monoisotopic (exact) mass is 476 g/mol. The third kappa shape index (κ3) is 4.90. The van der Waals surface area contributed by atoms with Crippen LogP contribution in [-0.2, 0) is 14.3 Å². The summed E-state index contributed by atoms with van der Waals surface area (Å²) in [6.45, 7) is 1.32. The number of fused-ring (bicyclic) bond motifs is 3. The average molecular weight is 477 g/mol. The van der Waals surface area contributed by atoms with Gasteiger partial charge in [-0.25, -0.2) is 4.79 Å². The lowest BCUT2D eigenvalue weighted by molar-refractivity contribution is -0.139. The van der Waals surface area contributed by atoms with Crippen molar-refractivity contribution in [3.8, 4) is 11.1 Å². The molecule has 2 aliphatic carbocycles. The van der Waals surface area contributed by atoms with Crippen molar-refractivity contribution in [2.45, 2.75) is 50.5 Å². The summed E-state index contributed by atoms with van der Waals surface area (Å²) in [5, 5.41) is 12.0. The van der Waals surface area contributed by atoms with Gasteiger partial charge in [0.1, 0.15) is 6.61 Å². The van der Waals surface area contributed by atoms with Crippen LogP contribution < -0.4 is 5.32 Å². The van der Waals surface area contributed by atoms with E-state index >= 15 is 0 Å². The van der Waals surface area contributed by atoms with E-state index in [-0.39, 0.29) is 42.7 Å². The number of carbonyl (C=O) groups is 3. The van der Waals surface area contributed by atoms with Crippen molar-refractivity contribution in [2.24, 2.45) is 11.8 Å². The van der Waals surface area contributed by atoms with Crippen molar-refractivity contribution in [3.05, 3.63) is 59.7 Å². The van der Waals surface area contributed by atoms with E-state index in [1.807, 2.05) is 24.3 Å². The highest BCUT2D eigenvalue weighted by atomic mass is 16.5. The van der Waals surface area contributed by atoms with Crippen LogP contribution in [0.1, 0.15) is 55.6 Å². The topological polar surface area (TPSA) is 95.9 Å². The van der Waals surface area contributed by atoms with Gasteiger partial charge >= 0.3 is 12.1 Å². The lowest BCUT2D eigenvalue weighted by atomic mass is 9.83. The third-order valence-electron chi connectivity index (χ3n) is 7.79. The predicted octanol–water partition coefficient (Wildman–Crippen LogP) is 4.41. The molecule has 7 heteroatoms. The summed E-state index contributed by atoms with van der Waals surface area (Å²) in [5.74, 6) is -1.08. The van der Waals surface area contributed by atoms with Gasteiger partial charge in [0.15, 0.2) is 0 Å². The number of benzene rings is 2. The summed E-state index contributed by atoms with van der Waals surface area (Å²) in [6.07, 6.45) is 3.71. The lowest BCUT2D eigenvalue weighted by Crippen LogP contribution is -2.49. The molecule has 2 amide bonds. The summed E-state index contributed by atoms with van der Waals surface area (Å²) < 4.78 is 5.72. The SMILES string of the molecule is O=C(O)CC1CCN(C(=O)C2CCCCC2NC(=O)OCC2c3ccccc3-c3ccccc32)C1. The Hall–Kier alpha value is -3.35. The molecule has 2 aromatic carbocycles. The summed E-state index contributed by atoms with van der Waals surface area (Å²) in [6, 6.07) is 16.2. The minimum atomic E-state index is -0.822. The predicted molar refractivity (Wildman–Crippen MR) is 131 cm³/mol. The maximum absolute atomic E-state index is 13.3. The zero-order valence-electron chi connectivity index (χ0n) is 19.8. The molecule has 2 aromatic rings. The van der Waals surface area contributed by atoms with Crippen LogP contribution in [0.4, 0.5) is 4.79 Å². The number of carbonyl (C=O) groups excluding carboxylic acids is 2. The summed E-state index contributed by atoms with van der Waals surface area (Å²) >= 11 is 0. The van der Waals surface area contributed by atoms with Crippen molar-refractivity contribution >= 4 is 18.0 Å². The Morgan fingerprint density at radius 1 is 0.943 bits per heavy atom. The van der Waals surface area contributed by atoms with Gasteiger partial charge in [0.25, 0.3) is 0 Å². The van der Waals surface area contributed by atoms with Gasteiger partial charge in [0, 0.05) is 31.5 Å². The fraction of sp³-hybridized carbons (Fsp3) is 0.464. The van der Waals surface area contributed by atoms with Gasteiger partial charge in [0.05, 0.1) is 5.92 Å². The molecule has 0 spiro atoms. The highest BCUT2D eigenvalue weighted by Gasteiger charge is 2.38. The number of alkyl carbamates (subject to hydrolysis) is 1. The molecule has 1 aliphatic heterocycles. The average Bonchev–Trinajstić information content (AvgIpc) is 3.45. The second kappa shape index (κ2) is 10.1. The molecule has 5 rings (SSSR count). The molecule has 3 aliphatic rings. The highest BCUT2D eigenvalue weighted by Crippen LogP contribution is 2.44. The van der Waals surface area contributed by atoms with Crippen LogP contribution >= 0.6 is 0 Å². The molecule has 35 heavy (non-hydrogen) atoms. The minimum Gasteiger partial charge on any atom is -0.481 e. The molecular formula is C28H32N2O5. The Labute approximate surface area is 205 Å². The minimum absolute atomic E-state index is 0.00676. The van der Waals surface area contributed by atoms with Gasteiger partial charge < -0.3 is 20.1 Å². The first-order chi connectivity index (χ1) is 17.0. The van der Waals surface area contributed by atoms with E-state index < -0.39 is 12.1 Å². The maximum Gasteiger partial charge on any atom is 0.407 e. The van der Waals surface area contributed by atoms with Crippen LogP contribution in [0.15, 0.2) is 48.5 Å². The van der Waals surface area contributed by atoms with E-state index in [0.29, 0.717) is 13.1 Å². The zero-order chi connectivity index (χ0) is 24.4. The first-order valence-corrected chi connectivity index (χ1v) is 12.6. The fourth-order valence-corrected chi connectivity index (χ4v) is 6.07. The maximum atomic E-state index is 13.3. The van der Waals surface area contributed by atoms with Crippen molar-refractivity contribution in [2.75, 3.05) is 19.7 Å². The second-order valence-corrected chi connectivity index (χ2v) is 10.0. The van der Waals surface area contributed by atoms with E-state index in [4.69, 9.17) is 9.84 Å². The van der Waals surface area contributed by atoms with Crippen molar-refractivity contribution in [3.63, 3.8) is 0 Å². The van der Waals surface area contributed by atoms with Crippen LogP contribution in [0.2, 0.25) is 0 Å². The molecule has 1 heterocycles. The number of carboxylic acid groups (broad SMARTS) is 1. The summed E-state index contributed by atoms with van der Waals surface area (Å²) in [5.41, 5.74) is 4.69. The number of hydrogen-bond donors (Lipinski definition) is 2. The molecule has 0 bridgehead atoms. The van der Waals surface area contributed by atoms with Gasteiger partial charge in [-0.3, -0.25) is 9.59 Å². The first kappa shape index (κ1) is 23.4. The molecule has 3 unspecified atom stereocenters. The Morgan fingerprint density at radius 3 is 2.29 bits per heavy atom. The number of carboxylic acids is 1. The normalized spacial score (nSPS) is 23.4. The fourth-order valence-electron chi connectivity index (χ4n) is 6.07. The first-order valence-electron chi connectivity index (χ1n) is 12.6. The van der Waals surface area contributed by atoms with E-state index in [2.05, 4.69) is 29.6 Å². The highest BCUT2D eigenvalue weighted by molar-refractivity contribution is 5.81. The number of rotatable bonds is 6. The van der Waals surface area contributed by atoms with E-state index in [0.717, 1.165) is 43.2 Å². The van der Waals surface area contributed by atoms with E-state index in [9.17, 15) is 14.4 Å². The van der Waals surface area contributed by atoms with Crippen molar-refractivity contribution in [1.29, 1.82) is 0 Å². The van der Waals surface area contributed by atoms with Crippen LogP contribution in [0.3, 0.4) is 0 Å². The molecule has 184 valence electrons. The van der Waals surface area contributed by atoms with Crippen molar-refractivity contribution in [1.82, 2.24) is 10.2 Å². The van der Waals surface area contributed by atoms with E-state index in [1.54, 1.807) is 4.90 Å². The standard InChI is InChI=1S/C28H32N2O5/c31-26(32)15-18-13-14-30(16-18)27(33)23-11-5-6-12-25(23)29-28(34)35-17-24-21-9-3-1-7-19(21)20-8-2-4-10-22(20)24/h1-4,7-10,18,23-25H,5-6,11-17H2,(H,29,34)(H,31,32). The van der Waals surface area contributed by atoms with Gasteiger partial charge in [-0.2, -0.15) is 0 Å². The second-order valence-electron chi connectivity index (χ2n) is 10.0. The Bertz CT molecular complexity index is 1070. The van der Waals surface area contributed by atoms with E-state index in [1.165, 1.54) is 11.1 Å². The Balaban J connectivity index is 1.20. The van der Waals surface area contributed by atoms with Gasteiger partial charge in [-0.15, -0.1) is 0 Å². The number of nitrogens with zero attached hydrogens (tertiary/aromatic N) is 1. The Morgan fingerprint density at radius 2 is 1.60 bits per heavy atom. The van der Waals surface area contributed by atoms with Crippen molar-refractivity contribution < 1.29 is 24.2 Å². The molecule has 7 nitrogen and oxygen atoms in total. The van der Waals surface area contributed by atoms with Crippen LogP contribution in [0, 0.1) is 11.8 Å².